The van der Waals surface area contributed by atoms with E-state index in [4.69, 9.17) is 18.6 Å². The molecule has 0 unspecified atom stereocenters. The lowest BCUT2D eigenvalue weighted by Gasteiger charge is -2.48. The highest BCUT2D eigenvalue weighted by Gasteiger charge is 2.69. The van der Waals surface area contributed by atoms with Gasteiger partial charge in [-0.25, -0.2) is 0 Å². The molecule has 9 atom stereocenters. The average Bonchev–Trinajstić information content (AvgIpc) is 3.15. The summed E-state index contributed by atoms with van der Waals surface area (Å²) in [6.45, 7) is 14.9. The number of carbonyl (C=O) groups excluding carboxylic acids is 1. The number of ether oxygens (including phenoxy) is 3. The van der Waals surface area contributed by atoms with Gasteiger partial charge in [0.25, 0.3) is 0 Å². The monoisotopic (exact) mass is 398 g/mol. The molecule has 2 heterocycles. The number of rotatable bonds is 3. The van der Waals surface area contributed by atoms with Gasteiger partial charge in [-0.15, -0.1) is 0 Å². The first kappa shape index (κ1) is 20.0. The molecule has 1 N–H and O–H groups in total. The molecule has 154 valence electrons. The quantitative estimate of drug-likeness (QED) is 0.582. The smallest absolute Gasteiger partial charge is 0.192 e. The van der Waals surface area contributed by atoms with E-state index < -0.39 is 20.4 Å². The topological polar surface area (TPSA) is 74.2 Å². The molecule has 2 aliphatic heterocycles. The molecular weight excluding hydrogens is 364 g/mol. The second kappa shape index (κ2) is 6.09. The Morgan fingerprint density at radius 1 is 1.11 bits per heavy atom. The van der Waals surface area contributed by atoms with E-state index in [0.29, 0.717) is 6.42 Å². The minimum Gasteiger partial charge on any atom is -0.411 e. The fourth-order valence-corrected chi connectivity index (χ4v) is 6.76. The molecular formula is C20H34O6Si. The Hall–Kier alpha value is -0.313. The predicted molar refractivity (Wildman–Crippen MR) is 101 cm³/mol. The molecule has 0 spiro atoms. The van der Waals surface area contributed by atoms with Gasteiger partial charge in [-0.1, -0.05) is 20.8 Å². The number of hydrogen-bond acceptors (Lipinski definition) is 6. The van der Waals surface area contributed by atoms with Gasteiger partial charge < -0.3 is 28.5 Å². The number of aliphatic hydroxyl groups is 1. The number of hydrogen-bond donors (Lipinski definition) is 1. The van der Waals surface area contributed by atoms with Gasteiger partial charge in [-0.05, 0) is 38.4 Å². The van der Waals surface area contributed by atoms with E-state index in [1.807, 2.05) is 13.8 Å². The number of fused-ring (bicyclic) bond motifs is 2. The maximum absolute atomic E-state index is 11.9. The zero-order chi connectivity index (χ0) is 19.9. The van der Waals surface area contributed by atoms with Crippen LogP contribution in [0.25, 0.3) is 0 Å². The molecule has 2 saturated heterocycles. The molecule has 0 aromatic rings. The molecule has 0 aromatic carbocycles. The molecule has 0 bridgehead atoms. The first-order chi connectivity index (χ1) is 12.4. The van der Waals surface area contributed by atoms with Gasteiger partial charge in [0.2, 0.25) is 0 Å². The molecule has 4 aliphatic rings. The van der Waals surface area contributed by atoms with Gasteiger partial charge in [0.15, 0.2) is 20.4 Å². The number of aldehydes is 1. The molecule has 2 saturated carbocycles. The largest absolute Gasteiger partial charge is 0.411 e. The Bertz CT molecular complexity index is 614. The van der Waals surface area contributed by atoms with Crippen LogP contribution in [0.2, 0.25) is 18.1 Å². The van der Waals surface area contributed by atoms with E-state index in [1.54, 1.807) is 0 Å². The van der Waals surface area contributed by atoms with Gasteiger partial charge in [-0.3, -0.25) is 0 Å². The molecule has 0 radical (unpaired) electrons. The zero-order valence-corrected chi connectivity index (χ0v) is 18.5. The maximum Gasteiger partial charge on any atom is 0.192 e. The van der Waals surface area contributed by atoms with Crippen molar-refractivity contribution in [3.63, 3.8) is 0 Å². The lowest BCUT2D eigenvalue weighted by molar-refractivity contribution is -0.178. The SMILES string of the molecule is CC1(C)O[C@@H]2[C@H](O1)[C@H]1O[C@H](O)[C@H]3C[C@H](C=O)[C@@H]([C@H]2O[Si](C)(C)C(C)(C)C)[C@H]31. The van der Waals surface area contributed by atoms with Crippen molar-refractivity contribution in [3.05, 3.63) is 0 Å². The Kier molecular flexibility index (Phi) is 4.51. The van der Waals surface area contributed by atoms with E-state index in [0.717, 1.165) is 6.29 Å². The van der Waals surface area contributed by atoms with Gasteiger partial charge in [0.1, 0.15) is 18.5 Å². The third kappa shape index (κ3) is 2.97. The summed E-state index contributed by atoms with van der Waals surface area (Å²) >= 11 is 0. The standard InChI is InChI=1S/C20H34O6Si/c1-19(2,3)27(6,7)26-15-12-10(9-21)8-11-13(12)14(23-18(11)22)16-17(15)25-20(4,5)24-16/h9-18,22H,8H2,1-7H3/t10-,11+,12-,13+,14+,15-,16-,17+,18+/m1/s1. The summed E-state index contributed by atoms with van der Waals surface area (Å²) in [7, 11) is -2.10. The van der Waals surface area contributed by atoms with Crippen LogP contribution in [0.15, 0.2) is 0 Å². The first-order valence-corrected chi connectivity index (χ1v) is 13.1. The Morgan fingerprint density at radius 2 is 1.74 bits per heavy atom. The van der Waals surface area contributed by atoms with Crippen LogP contribution in [0.1, 0.15) is 41.0 Å². The third-order valence-electron chi connectivity index (χ3n) is 7.62. The van der Waals surface area contributed by atoms with Crippen molar-refractivity contribution in [2.75, 3.05) is 0 Å². The highest BCUT2D eigenvalue weighted by atomic mass is 28.4. The van der Waals surface area contributed by atoms with Crippen LogP contribution in [-0.2, 0) is 23.4 Å². The molecule has 4 fully saturated rings. The highest BCUT2D eigenvalue weighted by Crippen LogP contribution is 2.59. The molecule has 0 aromatic heterocycles. The number of aliphatic hydroxyl groups excluding tert-OH is 1. The maximum atomic E-state index is 11.9. The Balaban J connectivity index is 1.75. The average molecular weight is 399 g/mol. The first-order valence-electron chi connectivity index (χ1n) is 10.2. The Labute approximate surface area is 163 Å². The molecule has 4 rings (SSSR count). The van der Waals surface area contributed by atoms with Crippen molar-refractivity contribution >= 4 is 14.6 Å². The van der Waals surface area contributed by atoms with Crippen molar-refractivity contribution in [1.29, 1.82) is 0 Å². The summed E-state index contributed by atoms with van der Waals surface area (Å²) in [4.78, 5) is 11.9. The van der Waals surface area contributed by atoms with Crippen molar-refractivity contribution in [2.45, 2.75) is 95.7 Å². The van der Waals surface area contributed by atoms with Crippen LogP contribution in [0.5, 0.6) is 0 Å². The summed E-state index contributed by atoms with van der Waals surface area (Å²) in [6.07, 6.45) is -0.161. The summed E-state index contributed by atoms with van der Waals surface area (Å²) in [5, 5.41) is 10.5. The van der Waals surface area contributed by atoms with E-state index >= 15 is 0 Å². The molecule has 2 aliphatic carbocycles. The van der Waals surface area contributed by atoms with E-state index in [-0.39, 0.29) is 53.1 Å². The second-order valence-corrected chi connectivity index (χ2v) is 15.5. The fraction of sp³-hybridized carbons (Fsp3) is 0.950. The van der Waals surface area contributed by atoms with E-state index in [2.05, 4.69) is 33.9 Å². The minimum absolute atomic E-state index is 0.00234. The van der Waals surface area contributed by atoms with Crippen LogP contribution in [0.4, 0.5) is 0 Å². The van der Waals surface area contributed by atoms with Crippen molar-refractivity contribution < 1.29 is 28.5 Å². The minimum atomic E-state index is -2.10. The van der Waals surface area contributed by atoms with Gasteiger partial charge in [-0.2, -0.15) is 0 Å². The van der Waals surface area contributed by atoms with Crippen LogP contribution < -0.4 is 0 Å². The fourth-order valence-electron chi connectivity index (χ4n) is 5.43. The molecule has 0 amide bonds. The van der Waals surface area contributed by atoms with Gasteiger partial charge in [0, 0.05) is 23.7 Å². The normalized spacial score (nSPS) is 48.4. The van der Waals surface area contributed by atoms with Crippen molar-refractivity contribution in [1.82, 2.24) is 0 Å². The van der Waals surface area contributed by atoms with Gasteiger partial charge in [0.05, 0.1) is 12.2 Å². The van der Waals surface area contributed by atoms with E-state index in [9.17, 15) is 9.90 Å². The van der Waals surface area contributed by atoms with E-state index in [1.165, 1.54) is 0 Å². The summed E-state index contributed by atoms with van der Waals surface area (Å²) in [5.74, 6) is -0.823. The second-order valence-electron chi connectivity index (χ2n) is 10.8. The third-order valence-corrected chi connectivity index (χ3v) is 12.1. The molecule has 7 heteroatoms. The molecule has 27 heavy (non-hydrogen) atoms. The zero-order valence-electron chi connectivity index (χ0n) is 17.5. The summed E-state index contributed by atoms with van der Waals surface area (Å²) < 4.78 is 25.4. The predicted octanol–water partition coefficient (Wildman–Crippen LogP) is 2.70. The van der Waals surface area contributed by atoms with Crippen LogP contribution in [0, 0.1) is 23.7 Å². The lowest BCUT2D eigenvalue weighted by atomic mass is 9.71. The highest BCUT2D eigenvalue weighted by molar-refractivity contribution is 6.74. The number of carbonyl (C=O) groups is 1. The van der Waals surface area contributed by atoms with Gasteiger partial charge >= 0.3 is 0 Å². The van der Waals surface area contributed by atoms with Crippen LogP contribution in [-0.4, -0.2) is 56.2 Å². The summed E-state index contributed by atoms with van der Waals surface area (Å²) in [5.41, 5.74) is 0. The van der Waals surface area contributed by atoms with Crippen LogP contribution >= 0.6 is 0 Å². The van der Waals surface area contributed by atoms with Crippen molar-refractivity contribution in [2.24, 2.45) is 23.7 Å². The molecule has 6 nitrogen and oxygen atoms in total. The van der Waals surface area contributed by atoms with Crippen molar-refractivity contribution in [3.8, 4) is 0 Å². The lowest BCUT2D eigenvalue weighted by Crippen LogP contribution is -2.61. The Morgan fingerprint density at radius 3 is 2.33 bits per heavy atom. The van der Waals surface area contributed by atoms with Crippen LogP contribution in [0.3, 0.4) is 0 Å². The summed E-state index contributed by atoms with van der Waals surface area (Å²) in [6, 6.07) is 0.